The Morgan fingerprint density at radius 3 is 2.59 bits per heavy atom. The van der Waals surface area contributed by atoms with Crippen LogP contribution in [0.5, 0.6) is 0 Å². The summed E-state index contributed by atoms with van der Waals surface area (Å²) in [5.74, 6) is 0.576. The molecule has 0 saturated carbocycles. The molecular weight excluding hydrogens is 366 g/mol. The van der Waals surface area contributed by atoms with E-state index < -0.39 is 9.84 Å². The number of nitrogens with one attached hydrogen (secondary N) is 1. The summed E-state index contributed by atoms with van der Waals surface area (Å²) < 4.78 is 28.4. The molecule has 0 aliphatic heterocycles. The van der Waals surface area contributed by atoms with Gasteiger partial charge in [0.05, 0.1) is 4.90 Å². The summed E-state index contributed by atoms with van der Waals surface area (Å²) in [7, 11) is -3.33. The van der Waals surface area contributed by atoms with Gasteiger partial charge < -0.3 is 9.84 Å². The average Bonchev–Trinajstić information content (AvgIpc) is 3.09. The van der Waals surface area contributed by atoms with Gasteiger partial charge in [-0.2, -0.15) is 4.98 Å². The Hall–Kier alpha value is -3.00. The number of amides is 1. The molecule has 0 spiro atoms. The van der Waals surface area contributed by atoms with Gasteiger partial charge in [-0.1, -0.05) is 41.1 Å². The molecule has 1 aromatic heterocycles. The van der Waals surface area contributed by atoms with E-state index in [-0.39, 0.29) is 23.6 Å². The summed E-state index contributed by atoms with van der Waals surface area (Å²) >= 11 is 0. The van der Waals surface area contributed by atoms with Crippen molar-refractivity contribution in [3.63, 3.8) is 0 Å². The first kappa shape index (κ1) is 18.8. The van der Waals surface area contributed by atoms with Crippen LogP contribution in [0, 0.1) is 6.92 Å². The van der Waals surface area contributed by atoms with Crippen molar-refractivity contribution in [2.75, 3.05) is 11.6 Å². The summed E-state index contributed by atoms with van der Waals surface area (Å²) in [6.07, 6.45) is 1.55. The smallest absolute Gasteiger partial charge is 0.227 e. The Labute approximate surface area is 157 Å². The minimum atomic E-state index is -3.33. The van der Waals surface area contributed by atoms with E-state index in [1.807, 2.05) is 31.2 Å². The maximum absolute atomic E-state index is 12.1. The second kappa shape index (κ2) is 7.71. The zero-order chi connectivity index (χ0) is 19.4. The van der Waals surface area contributed by atoms with Crippen LogP contribution >= 0.6 is 0 Å². The van der Waals surface area contributed by atoms with Crippen molar-refractivity contribution < 1.29 is 17.7 Å². The minimum Gasteiger partial charge on any atom is -0.339 e. The molecule has 3 rings (SSSR count). The van der Waals surface area contributed by atoms with Gasteiger partial charge in [0, 0.05) is 30.3 Å². The highest BCUT2D eigenvalue weighted by Gasteiger charge is 2.12. The van der Waals surface area contributed by atoms with Gasteiger partial charge in [0.15, 0.2) is 9.84 Å². The Kier molecular flexibility index (Phi) is 5.36. The molecule has 0 bridgehead atoms. The maximum Gasteiger partial charge on any atom is 0.227 e. The number of rotatable bonds is 6. The van der Waals surface area contributed by atoms with Gasteiger partial charge in [0.25, 0.3) is 0 Å². The highest BCUT2D eigenvalue weighted by molar-refractivity contribution is 7.90. The fourth-order valence-corrected chi connectivity index (χ4v) is 3.09. The van der Waals surface area contributed by atoms with E-state index >= 15 is 0 Å². The van der Waals surface area contributed by atoms with Crippen molar-refractivity contribution in [1.29, 1.82) is 0 Å². The van der Waals surface area contributed by atoms with Gasteiger partial charge >= 0.3 is 0 Å². The number of carbonyl (C=O) groups is 1. The molecule has 0 aliphatic rings. The second-order valence-corrected chi connectivity index (χ2v) is 8.24. The predicted octanol–water partition coefficient (Wildman–Crippen LogP) is 3.02. The zero-order valence-corrected chi connectivity index (χ0v) is 15.8. The number of hydrogen-bond acceptors (Lipinski definition) is 6. The van der Waals surface area contributed by atoms with Gasteiger partial charge in [-0.3, -0.25) is 4.79 Å². The summed E-state index contributed by atoms with van der Waals surface area (Å²) in [5, 5.41) is 6.61. The minimum absolute atomic E-state index is 0.138. The van der Waals surface area contributed by atoms with Crippen LogP contribution in [0.3, 0.4) is 0 Å². The fraction of sp³-hybridized carbons (Fsp3) is 0.211. The Morgan fingerprint density at radius 1 is 1.15 bits per heavy atom. The number of aryl methyl sites for hydroxylation is 2. The first-order valence-electron chi connectivity index (χ1n) is 8.31. The standard InChI is InChI=1S/C19H19N3O4S/c1-13-6-8-14(9-7-13)19-21-18(26-22-19)11-10-17(23)20-15-4-3-5-16(12-15)27(2,24)25/h3-9,12H,10-11H2,1-2H3,(H,20,23). The topological polar surface area (TPSA) is 102 Å². The van der Waals surface area contributed by atoms with E-state index in [0.29, 0.717) is 17.4 Å². The number of aromatic nitrogens is 2. The van der Waals surface area contributed by atoms with Crippen LogP contribution < -0.4 is 5.32 Å². The zero-order valence-electron chi connectivity index (χ0n) is 15.0. The molecule has 0 radical (unpaired) electrons. The van der Waals surface area contributed by atoms with E-state index in [4.69, 9.17) is 4.52 Å². The van der Waals surface area contributed by atoms with Crippen LogP contribution in [0.4, 0.5) is 5.69 Å². The van der Waals surface area contributed by atoms with Crippen LogP contribution in [0.2, 0.25) is 0 Å². The third-order valence-electron chi connectivity index (χ3n) is 3.89. The van der Waals surface area contributed by atoms with E-state index in [0.717, 1.165) is 17.4 Å². The highest BCUT2D eigenvalue weighted by Crippen LogP contribution is 2.18. The van der Waals surface area contributed by atoms with Gasteiger partial charge in [-0.25, -0.2) is 8.42 Å². The molecule has 2 aromatic carbocycles. The van der Waals surface area contributed by atoms with Crippen molar-refractivity contribution in [2.45, 2.75) is 24.7 Å². The Balaban J connectivity index is 1.59. The Morgan fingerprint density at radius 2 is 1.89 bits per heavy atom. The number of anilines is 1. The third-order valence-corrected chi connectivity index (χ3v) is 5.00. The lowest BCUT2D eigenvalue weighted by Crippen LogP contribution is -2.12. The first-order chi connectivity index (χ1) is 12.8. The molecule has 1 N–H and O–H groups in total. The molecule has 1 amide bonds. The highest BCUT2D eigenvalue weighted by atomic mass is 32.2. The summed E-state index contributed by atoms with van der Waals surface area (Å²) in [6.45, 7) is 2.00. The van der Waals surface area contributed by atoms with Crippen LogP contribution in [0.15, 0.2) is 57.9 Å². The van der Waals surface area contributed by atoms with Crippen molar-refractivity contribution in [2.24, 2.45) is 0 Å². The summed E-state index contributed by atoms with van der Waals surface area (Å²) in [4.78, 5) is 16.6. The molecule has 27 heavy (non-hydrogen) atoms. The number of nitrogens with zero attached hydrogens (tertiary/aromatic N) is 2. The molecule has 1 heterocycles. The lowest BCUT2D eigenvalue weighted by atomic mass is 10.1. The van der Waals surface area contributed by atoms with Crippen LogP contribution in [-0.2, 0) is 21.1 Å². The van der Waals surface area contributed by atoms with Gasteiger partial charge in [-0.15, -0.1) is 0 Å². The molecular formula is C19H19N3O4S. The number of hydrogen-bond donors (Lipinski definition) is 1. The van der Waals surface area contributed by atoms with Crippen molar-refractivity contribution in [3.8, 4) is 11.4 Å². The Bertz CT molecular complexity index is 1060. The maximum atomic E-state index is 12.1. The molecule has 0 saturated heterocycles. The lowest BCUT2D eigenvalue weighted by molar-refractivity contribution is -0.116. The largest absolute Gasteiger partial charge is 0.339 e. The third kappa shape index (κ3) is 5.01. The van der Waals surface area contributed by atoms with Crippen molar-refractivity contribution in [3.05, 3.63) is 60.0 Å². The fourth-order valence-electron chi connectivity index (χ4n) is 2.42. The van der Waals surface area contributed by atoms with E-state index in [2.05, 4.69) is 15.5 Å². The monoisotopic (exact) mass is 385 g/mol. The number of benzene rings is 2. The van der Waals surface area contributed by atoms with Gasteiger partial charge in [0.2, 0.25) is 17.6 Å². The van der Waals surface area contributed by atoms with Crippen molar-refractivity contribution in [1.82, 2.24) is 10.1 Å². The normalized spacial score (nSPS) is 11.3. The van der Waals surface area contributed by atoms with Crippen molar-refractivity contribution >= 4 is 21.4 Å². The molecule has 0 unspecified atom stereocenters. The van der Waals surface area contributed by atoms with Crippen LogP contribution in [0.1, 0.15) is 17.9 Å². The van der Waals surface area contributed by atoms with Gasteiger partial charge in [0.1, 0.15) is 0 Å². The number of sulfone groups is 1. The second-order valence-electron chi connectivity index (χ2n) is 6.23. The first-order valence-corrected chi connectivity index (χ1v) is 10.2. The summed E-state index contributed by atoms with van der Waals surface area (Å²) in [6, 6.07) is 13.9. The molecule has 7 nitrogen and oxygen atoms in total. The molecule has 0 atom stereocenters. The molecule has 3 aromatic rings. The lowest BCUT2D eigenvalue weighted by Gasteiger charge is -2.06. The SMILES string of the molecule is Cc1ccc(-c2noc(CCC(=O)Nc3cccc(S(C)(=O)=O)c3)n2)cc1. The molecule has 0 fully saturated rings. The molecule has 140 valence electrons. The molecule has 0 aliphatic carbocycles. The van der Waals surface area contributed by atoms with E-state index in [9.17, 15) is 13.2 Å². The van der Waals surface area contributed by atoms with Gasteiger partial charge in [-0.05, 0) is 25.1 Å². The average molecular weight is 385 g/mol. The van der Waals surface area contributed by atoms with Crippen LogP contribution in [-0.4, -0.2) is 30.7 Å². The summed E-state index contributed by atoms with van der Waals surface area (Å²) in [5.41, 5.74) is 2.41. The molecule has 8 heteroatoms. The van der Waals surface area contributed by atoms with Crippen LogP contribution in [0.25, 0.3) is 11.4 Å². The van der Waals surface area contributed by atoms with E-state index in [1.165, 1.54) is 12.1 Å². The quantitative estimate of drug-likeness (QED) is 0.700. The predicted molar refractivity (Wildman–Crippen MR) is 101 cm³/mol. The van der Waals surface area contributed by atoms with E-state index in [1.54, 1.807) is 12.1 Å². The number of carbonyl (C=O) groups excluding carboxylic acids is 1.